The van der Waals surface area contributed by atoms with Crippen molar-refractivity contribution in [1.82, 2.24) is 4.98 Å². The van der Waals surface area contributed by atoms with E-state index in [-0.39, 0.29) is 5.97 Å². The van der Waals surface area contributed by atoms with Crippen LogP contribution < -0.4 is 4.57 Å². The molecule has 2 rings (SSSR count). The normalized spacial score (nSPS) is 10.5. The quantitative estimate of drug-likeness (QED) is 0.377. The Morgan fingerprint density at radius 2 is 1.83 bits per heavy atom. The summed E-state index contributed by atoms with van der Waals surface area (Å²) < 4.78 is 7.27. The van der Waals surface area contributed by atoms with Gasteiger partial charge in [-0.05, 0) is 6.42 Å². The summed E-state index contributed by atoms with van der Waals surface area (Å²) in [4.78, 5) is 16.2. The van der Waals surface area contributed by atoms with Crippen LogP contribution in [0.2, 0.25) is 0 Å². The van der Waals surface area contributed by atoms with Crippen LogP contribution in [-0.2, 0) is 11.3 Å². The molecule has 0 spiro atoms. The number of esters is 1. The Kier molecular flexibility index (Phi) is 7.94. The van der Waals surface area contributed by atoms with Gasteiger partial charge < -0.3 is 4.74 Å². The molecule has 0 amide bonds. The minimum atomic E-state index is -0.342. The molecule has 0 saturated carbocycles. The molecule has 0 aliphatic heterocycles. The lowest BCUT2D eigenvalue weighted by molar-refractivity contribution is -0.689. The van der Waals surface area contributed by atoms with E-state index in [0.29, 0.717) is 18.8 Å². The third-order valence-corrected chi connectivity index (χ3v) is 3.91. The molecule has 0 bridgehead atoms. The highest BCUT2D eigenvalue weighted by atomic mass is 16.5. The summed E-state index contributed by atoms with van der Waals surface area (Å²) in [6.45, 7) is 3.39. The molecule has 0 N–H and O–H groups in total. The first-order valence-electron chi connectivity index (χ1n) is 8.85. The molecule has 2 aromatic rings. The second-order valence-corrected chi connectivity index (χ2v) is 6.00. The molecule has 0 saturated heterocycles. The molecular weight excluding hydrogens is 300 g/mol. The summed E-state index contributed by atoms with van der Waals surface area (Å²) in [5.41, 5.74) is 1.54. The summed E-state index contributed by atoms with van der Waals surface area (Å²) in [7, 11) is 0. The van der Waals surface area contributed by atoms with E-state index in [9.17, 15) is 4.79 Å². The fourth-order valence-corrected chi connectivity index (χ4v) is 2.55. The SMILES string of the molecule is CCCCCCCCOC(=O)c1c[n+](Cc2ccccc2)ccn1. The van der Waals surface area contributed by atoms with Crippen molar-refractivity contribution in [2.24, 2.45) is 0 Å². The van der Waals surface area contributed by atoms with E-state index >= 15 is 0 Å². The zero-order valence-corrected chi connectivity index (χ0v) is 14.5. The predicted molar refractivity (Wildman–Crippen MR) is 93.6 cm³/mol. The first kappa shape index (κ1) is 18.1. The Bertz CT molecular complexity index is 614. The van der Waals surface area contributed by atoms with Gasteiger partial charge in [-0.3, -0.25) is 0 Å². The lowest BCUT2D eigenvalue weighted by Crippen LogP contribution is -2.35. The van der Waals surface area contributed by atoms with Crippen LogP contribution in [0.4, 0.5) is 0 Å². The van der Waals surface area contributed by atoms with E-state index < -0.39 is 0 Å². The van der Waals surface area contributed by atoms with Crippen molar-refractivity contribution in [2.75, 3.05) is 6.61 Å². The molecule has 0 aliphatic rings. The van der Waals surface area contributed by atoms with Crippen LogP contribution in [0.25, 0.3) is 0 Å². The van der Waals surface area contributed by atoms with Gasteiger partial charge in [0.1, 0.15) is 0 Å². The summed E-state index contributed by atoms with van der Waals surface area (Å²) in [6.07, 6.45) is 12.3. The zero-order valence-electron chi connectivity index (χ0n) is 14.5. The average molecular weight is 327 g/mol. The van der Waals surface area contributed by atoms with Crippen LogP contribution in [0.3, 0.4) is 0 Å². The first-order chi connectivity index (χ1) is 11.8. The summed E-state index contributed by atoms with van der Waals surface area (Å²) >= 11 is 0. The van der Waals surface area contributed by atoms with Crippen LogP contribution in [0.1, 0.15) is 61.5 Å². The molecular formula is C20H27N2O2+. The molecule has 128 valence electrons. The molecule has 0 atom stereocenters. The molecule has 0 unspecified atom stereocenters. The van der Waals surface area contributed by atoms with Gasteiger partial charge in [0, 0.05) is 5.56 Å². The van der Waals surface area contributed by atoms with Gasteiger partial charge in [-0.2, -0.15) is 4.57 Å². The molecule has 1 aromatic carbocycles. The third-order valence-electron chi connectivity index (χ3n) is 3.91. The Hall–Kier alpha value is -2.23. The Labute approximate surface area is 144 Å². The van der Waals surface area contributed by atoms with Gasteiger partial charge in [0.2, 0.25) is 11.9 Å². The number of hydrogen-bond acceptors (Lipinski definition) is 3. The zero-order chi connectivity index (χ0) is 17.0. The summed E-state index contributed by atoms with van der Waals surface area (Å²) in [5.74, 6) is -0.342. The smallest absolute Gasteiger partial charge is 0.363 e. The van der Waals surface area contributed by atoms with Gasteiger partial charge in [0.25, 0.3) is 0 Å². The van der Waals surface area contributed by atoms with Gasteiger partial charge in [0.15, 0.2) is 12.7 Å². The number of carbonyl (C=O) groups is 1. The van der Waals surface area contributed by atoms with Crippen LogP contribution in [0, 0.1) is 0 Å². The third kappa shape index (κ3) is 6.49. The average Bonchev–Trinajstić information content (AvgIpc) is 2.62. The number of hydrogen-bond donors (Lipinski definition) is 0. The number of aromatic nitrogens is 2. The van der Waals surface area contributed by atoms with E-state index in [1.54, 1.807) is 12.4 Å². The molecule has 4 nitrogen and oxygen atoms in total. The molecule has 1 heterocycles. The number of rotatable bonds is 10. The van der Waals surface area contributed by atoms with Crippen molar-refractivity contribution in [3.05, 3.63) is 60.2 Å². The highest BCUT2D eigenvalue weighted by Gasteiger charge is 2.14. The van der Waals surface area contributed by atoms with Gasteiger partial charge in [-0.1, -0.05) is 69.4 Å². The highest BCUT2D eigenvalue weighted by molar-refractivity contribution is 5.86. The van der Waals surface area contributed by atoms with Gasteiger partial charge in [-0.15, -0.1) is 0 Å². The van der Waals surface area contributed by atoms with Crippen molar-refractivity contribution >= 4 is 5.97 Å². The molecule has 0 radical (unpaired) electrons. The van der Waals surface area contributed by atoms with Crippen molar-refractivity contribution in [3.63, 3.8) is 0 Å². The van der Waals surface area contributed by atoms with Crippen molar-refractivity contribution in [2.45, 2.75) is 52.0 Å². The number of benzene rings is 1. The molecule has 0 fully saturated rings. The van der Waals surface area contributed by atoms with Crippen LogP contribution >= 0.6 is 0 Å². The standard InChI is InChI=1S/C20H27N2O2/c1-2-3-4-5-6-10-15-24-20(23)19-17-22(14-13-21-19)16-18-11-8-7-9-12-18/h7-9,11-14,17H,2-6,10,15-16H2,1H3/q+1. The predicted octanol–water partition coefficient (Wildman–Crippen LogP) is 3.93. The lowest BCUT2D eigenvalue weighted by atomic mass is 10.1. The van der Waals surface area contributed by atoms with Crippen molar-refractivity contribution < 1.29 is 14.1 Å². The monoisotopic (exact) mass is 327 g/mol. The largest absolute Gasteiger partial charge is 0.461 e. The molecule has 0 aliphatic carbocycles. The highest BCUT2D eigenvalue weighted by Crippen LogP contribution is 2.05. The van der Waals surface area contributed by atoms with Gasteiger partial charge in [-0.25, -0.2) is 9.78 Å². The molecule has 1 aromatic heterocycles. The van der Waals surface area contributed by atoms with E-state index in [2.05, 4.69) is 24.0 Å². The first-order valence-corrected chi connectivity index (χ1v) is 8.85. The Balaban J connectivity index is 1.77. The van der Waals surface area contributed by atoms with Gasteiger partial charge >= 0.3 is 5.97 Å². The minimum Gasteiger partial charge on any atom is -0.461 e. The van der Waals surface area contributed by atoms with Gasteiger partial charge in [0.05, 0.1) is 12.8 Å². The number of carbonyl (C=O) groups excluding carboxylic acids is 1. The topological polar surface area (TPSA) is 43.1 Å². The van der Waals surface area contributed by atoms with Crippen LogP contribution in [0.15, 0.2) is 48.9 Å². The van der Waals surface area contributed by atoms with Crippen molar-refractivity contribution in [1.29, 1.82) is 0 Å². The van der Waals surface area contributed by atoms with Crippen LogP contribution in [0.5, 0.6) is 0 Å². The summed E-state index contributed by atoms with van der Waals surface area (Å²) in [6, 6.07) is 10.1. The summed E-state index contributed by atoms with van der Waals surface area (Å²) in [5, 5.41) is 0. The number of ether oxygens (including phenoxy) is 1. The minimum absolute atomic E-state index is 0.342. The van der Waals surface area contributed by atoms with Crippen molar-refractivity contribution in [3.8, 4) is 0 Å². The van der Waals surface area contributed by atoms with E-state index in [4.69, 9.17) is 4.74 Å². The van der Waals surface area contributed by atoms with E-state index in [1.165, 1.54) is 31.2 Å². The molecule has 24 heavy (non-hydrogen) atoms. The maximum absolute atomic E-state index is 12.1. The molecule has 4 heteroatoms. The number of nitrogens with zero attached hydrogens (tertiary/aromatic N) is 2. The Morgan fingerprint density at radius 1 is 1.08 bits per heavy atom. The fraction of sp³-hybridized carbons (Fsp3) is 0.450. The number of unbranched alkanes of at least 4 members (excludes halogenated alkanes) is 5. The fourth-order valence-electron chi connectivity index (χ4n) is 2.55. The lowest BCUT2D eigenvalue weighted by Gasteiger charge is -2.04. The Morgan fingerprint density at radius 3 is 2.62 bits per heavy atom. The van der Waals surface area contributed by atoms with E-state index in [0.717, 1.165) is 12.8 Å². The van der Waals surface area contributed by atoms with Crippen LogP contribution in [-0.4, -0.2) is 17.6 Å². The second kappa shape index (κ2) is 10.5. The maximum atomic E-state index is 12.1. The van der Waals surface area contributed by atoms with E-state index in [1.807, 2.05) is 29.0 Å². The second-order valence-electron chi connectivity index (χ2n) is 6.00. The maximum Gasteiger partial charge on any atom is 0.363 e.